The molecule has 0 aliphatic heterocycles. The number of nitrogens with one attached hydrogen (secondary N) is 1. The van der Waals surface area contributed by atoms with Gasteiger partial charge in [-0.05, 0) is 78.4 Å². The van der Waals surface area contributed by atoms with Gasteiger partial charge in [-0.3, -0.25) is 9.78 Å². The molecule has 0 spiro atoms. The zero-order valence-corrected chi connectivity index (χ0v) is 20.8. The van der Waals surface area contributed by atoms with Crippen LogP contribution >= 0.6 is 34.8 Å². The van der Waals surface area contributed by atoms with Crippen LogP contribution in [0.2, 0.25) is 15.1 Å². The normalized spacial score (nSPS) is 10.9. The largest absolute Gasteiger partial charge is 0.506 e. The minimum absolute atomic E-state index is 0.00354. The third-order valence-electron chi connectivity index (χ3n) is 5.50. The number of rotatable bonds is 5. The lowest BCUT2D eigenvalue weighted by Crippen LogP contribution is -2.11. The number of pyridine rings is 1. The number of carbonyl (C=O) groups excluding carboxylic acids is 1. The van der Waals surface area contributed by atoms with E-state index in [1.807, 2.05) is 30.5 Å². The SMILES string of the molecule is O=C(Nc1ccc(-n2cc(-c3ccncc3)c(-c3ccc(O)c(Cl)c3)n2)cc1)c1ccc(Cl)c(Cl)c1. The maximum atomic E-state index is 12.6. The average Bonchev–Trinajstić information content (AvgIpc) is 3.34. The molecule has 2 heterocycles. The van der Waals surface area contributed by atoms with Crippen LogP contribution in [0.4, 0.5) is 5.69 Å². The first kappa shape index (κ1) is 23.9. The molecular weight excluding hydrogens is 519 g/mol. The smallest absolute Gasteiger partial charge is 0.255 e. The van der Waals surface area contributed by atoms with Gasteiger partial charge in [0.05, 0.1) is 20.8 Å². The number of anilines is 1. The fraction of sp³-hybridized carbons (Fsp3) is 0. The zero-order valence-electron chi connectivity index (χ0n) is 18.5. The second kappa shape index (κ2) is 10.0. The molecule has 2 N–H and O–H groups in total. The fourth-order valence-electron chi connectivity index (χ4n) is 3.65. The van der Waals surface area contributed by atoms with Crippen molar-refractivity contribution in [3.05, 3.63) is 112 Å². The fourth-order valence-corrected chi connectivity index (χ4v) is 4.13. The first-order valence-corrected chi connectivity index (χ1v) is 11.9. The van der Waals surface area contributed by atoms with Crippen LogP contribution < -0.4 is 5.32 Å². The van der Waals surface area contributed by atoms with E-state index in [1.54, 1.807) is 59.5 Å². The van der Waals surface area contributed by atoms with Gasteiger partial charge >= 0.3 is 0 Å². The molecule has 3 aromatic carbocycles. The lowest BCUT2D eigenvalue weighted by Gasteiger charge is -2.08. The summed E-state index contributed by atoms with van der Waals surface area (Å²) in [6.45, 7) is 0. The van der Waals surface area contributed by atoms with E-state index in [2.05, 4.69) is 10.3 Å². The van der Waals surface area contributed by atoms with Gasteiger partial charge in [0.1, 0.15) is 11.4 Å². The number of nitrogens with zero attached hydrogens (tertiary/aromatic N) is 3. The van der Waals surface area contributed by atoms with Gasteiger partial charge in [-0.15, -0.1) is 0 Å². The molecule has 36 heavy (non-hydrogen) atoms. The van der Waals surface area contributed by atoms with Crippen molar-refractivity contribution >= 4 is 46.4 Å². The number of hydrogen-bond acceptors (Lipinski definition) is 4. The summed E-state index contributed by atoms with van der Waals surface area (Å²) in [6, 6.07) is 20.8. The van der Waals surface area contributed by atoms with Crippen LogP contribution in [0.3, 0.4) is 0 Å². The van der Waals surface area contributed by atoms with Gasteiger partial charge in [-0.2, -0.15) is 5.10 Å². The van der Waals surface area contributed by atoms with Crippen LogP contribution in [-0.4, -0.2) is 25.8 Å². The standard InChI is InChI=1S/C27H17Cl3N4O2/c28-22-7-1-18(14-23(22)29)27(36)32-19-3-5-20(6-4-19)34-15-21(16-9-11-31-12-10-16)26(33-34)17-2-8-25(35)24(30)13-17/h1-15,35H,(H,32,36). The summed E-state index contributed by atoms with van der Waals surface area (Å²) in [4.78, 5) is 16.7. The van der Waals surface area contributed by atoms with Crippen molar-refractivity contribution in [1.82, 2.24) is 14.8 Å². The quantitative estimate of drug-likeness (QED) is 0.244. The van der Waals surface area contributed by atoms with E-state index in [0.717, 1.165) is 22.4 Å². The summed E-state index contributed by atoms with van der Waals surface area (Å²) in [5.41, 5.74) is 5.06. The molecular formula is C27H17Cl3N4O2. The van der Waals surface area contributed by atoms with Crippen molar-refractivity contribution in [2.24, 2.45) is 0 Å². The van der Waals surface area contributed by atoms with Gasteiger partial charge in [0, 0.05) is 41.0 Å². The third kappa shape index (κ3) is 4.93. The van der Waals surface area contributed by atoms with Crippen LogP contribution in [0.15, 0.2) is 91.4 Å². The Morgan fingerprint density at radius 3 is 2.25 bits per heavy atom. The molecule has 178 valence electrons. The predicted octanol–water partition coefficient (Wildman–Crippen LogP) is 7.52. The molecule has 5 rings (SSSR count). The van der Waals surface area contributed by atoms with E-state index in [9.17, 15) is 9.90 Å². The topological polar surface area (TPSA) is 80.0 Å². The molecule has 0 atom stereocenters. The van der Waals surface area contributed by atoms with Gasteiger partial charge in [-0.25, -0.2) is 4.68 Å². The minimum Gasteiger partial charge on any atom is -0.506 e. The Balaban J connectivity index is 1.46. The molecule has 0 unspecified atom stereocenters. The number of phenolic OH excluding ortho intramolecular Hbond substituents is 1. The number of aromatic hydroxyl groups is 1. The number of halogens is 3. The highest BCUT2D eigenvalue weighted by Crippen LogP contribution is 2.35. The van der Waals surface area contributed by atoms with E-state index in [-0.39, 0.29) is 16.7 Å². The molecule has 2 aromatic heterocycles. The molecule has 0 fully saturated rings. The van der Waals surface area contributed by atoms with E-state index < -0.39 is 0 Å². The van der Waals surface area contributed by atoms with E-state index in [1.165, 1.54) is 6.07 Å². The second-order valence-electron chi connectivity index (χ2n) is 7.87. The average molecular weight is 536 g/mol. The van der Waals surface area contributed by atoms with Crippen molar-refractivity contribution < 1.29 is 9.90 Å². The van der Waals surface area contributed by atoms with Crippen LogP contribution in [0.5, 0.6) is 5.75 Å². The zero-order chi connectivity index (χ0) is 25.2. The predicted molar refractivity (Wildman–Crippen MR) is 143 cm³/mol. The van der Waals surface area contributed by atoms with Crippen molar-refractivity contribution in [1.29, 1.82) is 0 Å². The summed E-state index contributed by atoms with van der Waals surface area (Å²) in [6.07, 6.45) is 5.34. The van der Waals surface area contributed by atoms with E-state index in [4.69, 9.17) is 39.9 Å². The van der Waals surface area contributed by atoms with Crippen molar-refractivity contribution in [2.75, 3.05) is 5.32 Å². The van der Waals surface area contributed by atoms with Crippen LogP contribution in [-0.2, 0) is 0 Å². The van der Waals surface area contributed by atoms with Crippen molar-refractivity contribution in [3.63, 3.8) is 0 Å². The molecule has 5 aromatic rings. The Morgan fingerprint density at radius 2 is 1.56 bits per heavy atom. The van der Waals surface area contributed by atoms with Crippen molar-refractivity contribution in [2.45, 2.75) is 0 Å². The highest BCUT2D eigenvalue weighted by molar-refractivity contribution is 6.42. The maximum Gasteiger partial charge on any atom is 0.255 e. The van der Waals surface area contributed by atoms with Gasteiger partial charge in [0.2, 0.25) is 0 Å². The lowest BCUT2D eigenvalue weighted by molar-refractivity contribution is 0.102. The molecule has 0 aliphatic rings. The second-order valence-corrected chi connectivity index (χ2v) is 9.09. The summed E-state index contributed by atoms with van der Waals surface area (Å²) in [7, 11) is 0. The summed E-state index contributed by atoms with van der Waals surface area (Å²) >= 11 is 18.1. The Bertz CT molecular complexity index is 1570. The lowest BCUT2D eigenvalue weighted by atomic mass is 10.0. The first-order chi connectivity index (χ1) is 17.4. The molecule has 0 saturated heterocycles. The molecule has 0 aliphatic carbocycles. The Hall–Kier alpha value is -3.84. The number of aromatic nitrogens is 3. The van der Waals surface area contributed by atoms with E-state index in [0.29, 0.717) is 27.0 Å². The monoisotopic (exact) mass is 534 g/mol. The van der Waals surface area contributed by atoms with Gasteiger partial charge < -0.3 is 10.4 Å². The number of amides is 1. The molecule has 0 saturated carbocycles. The third-order valence-corrected chi connectivity index (χ3v) is 6.54. The Morgan fingerprint density at radius 1 is 0.806 bits per heavy atom. The Kier molecular flexibility index (Phi) is 6.65. The van der Waals surface area contributed by atoms with Gasteiger partial charge in [0.15, 0.2) is 0 Å². The molecule has 0 radical (unpaired) electrons. The van der Waals surface area contributed by atoms with Crippen LogP contribution in [0, 0.1) is 0 Å². The van der Waals surface area contributed by atoms with E-state index >= 15 is 0 Å². The summed E-state index contributed by atoms with van der Waals surface area (Å²) in [5, 5.41) is 18.4. The molecule has 6 nitrogen and oxygen atoms in total. The molecule has 0 bridgehead atoms. The van der Waals surface area contributed by atoms with Gasteiger partial charge in [0.25, 0.3) is 5.91 Å². The Labute approximate surface area is 221 Å². The van der Waals surface area contributed by atoms with Crippen LogP contribution in [0.1, 0.15) is 10.4 Å². The van der Waals surface area contributed by atoms with Crippen LogP contribution in [0.25, 0.3) is 28.1 Å². The number of carbonyl (C=O) groups is 1. The minimum atomic E-state index is -0.299. The first-order valence-electron chi connectivity index (χ1n) is 10.7. The maximum absolute atomic E-state index is 12.6. The molecule has 9 heteroatoms. The van der Waals surface area contributed by atoms with Crippen molar-refractivity contribution in [3.8, 4) is 33.8 Å². The number of hydrogen-bond donors (Lipinski definition) is 2. The highest BCUT2D eigenvalue weighted by atomic mass is 35.5. The highest BCUT2D eigenvalue weighted by Gasteiger charge is 2.16. The number of benzene rings is 3. The summed E-state index contributed by atoms with van der Waals surface area (Å²) < 4.78 is 1.75. The molecule has 1 amide bonds. The summed E-state index contributed by atoms with van der Waals surface area (Å²) in [5.74, 6) is -0.296. The van der Waals surface area contributed by atoms with Gasteiger partial charge in [-0.1, -0.05) is 34.8 Å². The number of phenols is 1.